The summed E-state index contributed by atoms with van der Waals surface area (Å²) in [5.41, 5.74) is 7.30. The third-order valence-corrected chi connectivity index (χ3v) is 4.46. The Morgan fingerprint density at radius 1 is 0.781 bits per heavy atom. The summed E-state index contributed by atoms with van der Waals surface area (Å²) in [5.74, 6) is 2.35. The van der Waals surface area contributed by atoms with E-state index in [1.165, 1.54) is 0 Å². The largest absolute Gasteiger partial charge is 0.496 e. The summed E-state index contributed by atoms with van der Waals surface area (Å²) in [4.78, 5) is 13.7. The molecular weight excluding hydrogens is 408 g/mol. The van der Waals surface area contributed by atoms with Gasteiger partial charge in [0, 0.05) is 30.8 Å². The maximum absolute atomic E-state index is 5.55. The van der Waals surface area contributed by atoms with E-state index in [0.717, 1.165) is 16.9 Å². The first-order valence-electron chi connectivity index (χ1n) is 10.6. The molecule has 2 aromatic carbocycles. The lowest BCUT2D eigenvalue weighted by atomic mass is 10.2. The molecule has 4 N–H and O–H groups in total. The highest BCUT2D eigenvalue weighted by molar-refractivity contribution is 5.57. The predicted molar refractivity (Wildman–Crippen MR) is 125 cm³/mol. The molecule has 170 valence electrons. The molecule has 0 radical (unpaired) electrons. The van der Waals surface area contributed by atoms with Crippen molar-refractivity contribution in [3.05, 3.63) is 60.2 Å². The minimum Gasteiger partial charge on any atom is -0.496 e. The number of nitrogens with one attached hydrogen (secondary N) is 2. The Hall–Kier alpha value is -3.27. The number of nitrogens with zero attached hydrogens (tertiary/aromatic N) is 3. The summed E-state index contributed by atoms with van der Waals surface area (Å²) in [6.45, 7) is 3.67. The number of hydrogen-bond acceptors (Lipinski definition) is 9. The summed E-state index contributed by atoms with van der Waals surface area (Å²) in [5, 5.41) is 6.48. The Kier molecular flexibility index (Phi) is 9.66. The molecule has 9 nitrogen and oxygen atoms in total. The van der Waals surface area contributed by atoms with Crippen molar-refractivity contribution in [2.75, 3.05) is 57.3 Å². The van der Waals surface area contributed by atoms with Crippen LogP contribution in [0, 0.1) is 0 Å². The summed E-state index contributed by atoms with van der Waals surface area (Å²) in [7, 11) is 1.66. The molecule has 0 saturated heterocycles. The molecule has 0 bridgehead atoms. The van der Waals surface area contributed by atoms with E-state index in [1.807, 2.05) is 54.6 Å². The maximum atomic E-state index is 5.55. The summed E-state index contributed by atoms with van der Waals surface area (Å²) < 4.78 is 16.3. The molecule has 0 atom stereocenters. The van der Waals surface area contributed by atoms with Crippen LogP contribution in [0.3, 0.4) is 0 Å². The Morgan fingerprint density at radius 2 is 1.47 bits per heavy atom. The number of nitrogens with two attached hydrogens (primary N) is 1. The lowest BCUT2D eigenvalue weighted by Gasteiger charge is -2.12. The summed E-state index contributed by atoms with van der Waals surface area (Å²) in [6.07, 6.45) is 0. The van der Waals surface area contributed by atoms with Gasteiger partial charge in [-0.1, -0.05) is 48.5 Å². The third-order valence-electron chi connectivity index (χ3n) is 4.46. The van der Waals surface area contributed by atoms with E-state index >= 15 is 0 Å². The van der Waals surface area contributed by atoms with Crippen LogP contribution in [0.2, 0.25) is 0 Å². The van der Waals surface area contributed by atoms with Crippen molar-refractivity contribution in [2.24, 2.45) is 5.73 Å². The number of para-hydroxylation sites is 1. The molecular formula is C23H30N6O3. The van der Waals surface area contributed by atoms with Gasteiger partial charge in [0.1, 0.15) is 5.75 Å². The normalized spacial score (nSPS) is 10.7. The molecule has 3 rings (SSSR count). The number of anilines is 2. The molecule has 0 unspecified atom stereocenters. The topological polar surface area (TPSA) is 116 Å². The highest BCUT2D eigenvalue weighted by atomic mass is 16.5. The Labute approximate surface area is 188 Å². The van der Waals surface area contributed by atoms with E-state index in [1.54, 1.807) is 7.11 Å². The Morgan fingerprint density at radius 3 is 2.22 bits per heavy atom. The van der Waals surface area contributed by atoms with Gasteiger partial charge in [0.15, 0.2) is 5.82 Å². The fourth-order valence-electron chi connectivity index (χ4n) is 2.91. The molecule has 9 heteroatoms. The van der Waals surface area contributed by atoms with Crippen LogP contribution in [0.4, 0.5) is 11.9 Å². The third kappa shape index (κ3) is 7.45. The molecule has 0 aliphatic carbocycles. The second kappa shape index (κ2) is 13.2. The van der Waals surface area contributed by atoms with Gasteiger partial charge in [-0.15, -0.1) is 0 Å². The molecule has 0 spiro atoms. The zero-order valence-corrected chi connectivity index (χ0v) is 18.3. The van der Waals surface area contributed by atoms with Gasteiger partial charge < -0.3 is 30.6 Å². The minimum absolute atomic E-state index is 0.475. The summed E-state index contributed by atoms with van der Waals surface area (Å²) >= 11 is 0. The van der Waals surface area contributed by atoms with Gasteiger partial charge in [-0.25, -0.2) is 0 Å². The van der Waals surface area contributed by atoms with Crippen molar-refractivity contribution >= 4 is 11.9 Å². The van der Waals surface area contributed by atoms with Crippen molar-refractivity contribution < 1.29 is 14.2 Å². The summed E-state index contributed by atoms with van der Waals surface area (Å²) in [6, 6.07) is 17.6. The Balaban J connectivity index is 1.64. The van der Waals surface area contributed by atoms with Crippen molar-refractivity contribution in [1.82, 2.24) is 15.0 Å². The van der Waals surface area contributed by atoms with Crippen molar-refractivity contribution in [3.63, 3.8) is 0 Å². The molecule has 0 saturated carbocycles. The molecule has 0 aliphatic heterocycles. The molecule has 3 aromatic rings. The zero-order chi connectivity index (χ0) is 22.4. The van der Waals surface area contributed by atoms with Crippen LogP contribution in [0.1, 0.15) is 5.56 Å². The maximum Gasteiger partial charge on any atom is 0.228 e. The molecule has 0 aliphatic rings. The van der Waals surface area contributed by atoms with Gasteiger partial charge in [-0.3, -0.25) is 0 Å². The van der Waals surface area contributed by atoms with Crippen molar-refractivity contribution in [1.29, 1.82) is 0 Å². The smallest absolute Gasteiger partial charge is 0.228 e. The van der Waals surface area contributed by atoms with Crippen LogP contribution in [-0.2, 0) is 16.0 Å². The SMILES string of the molecule is COc1ccccc1CNc1nc(NCCOCCOCCN)nc(-c2ccccc2)n1. The quantitative estimate of drug-likeness (QED) is 0.326. The second-order valence-electron chi connectivity index (χ2n) is 6.78. The fourth-order valence-corrected chi connectivity index (χ4v) is 2.91. The zero-order valence-electron chi connectivity index (χ0n) is 18.3. The molecule has 32 heavy (non-hydrogen) atoms. The standard InChI is InChI=1S/C23H30N6O3/c1-30-20-10-6-5-9-19(20)17-26-23-28-21(18-7-3-2-4-8-18)27-22(29-23)25-12-14-32-16-15-31-13-11-24/h2-10H,11-17,24H2,1H3,(H2,25,26,27,28,29). The van der Waals surface area contributed by atoms with Gasteiger partial charge in [-0.2, -0.15) is 15.0 Å². The van der Waals surface area contributed by atoms with Crippen molar-refractivity contribution in [3.8, 4) is 17.1 Å². The van der Waals surface area contributed by atoms with Gasteiger partial charge in [0.05, 0.1) is 33.5 Å². The van der Waals surface area contributed by atoms with Gasteiger partial charge in [0.25, 0.3) is 0 Å². The second-order valence-corrected chi connectivity index (χ2v) is 6.78. The highest BCUT2D eigenvalue weighted by Gasteiger charge is 2.09. The number of ether oxygens (including phenoxy) is 3. The first-order valence-corrected chi connectivity index (χ1v) is 10.6. The highest BCUT2D eigenvalue weighted by Crippen LogP contribution is 2.20. The van der Waals surface area contributed by atoms with Crippen LogP contribution in [0.5, 0.6) is 5.75 Å². The predicted octanol–water partition coefficient (Wildman–Crippen LogP) is 2.56. The van der Waals surface area contributed by atoms with Crippen LogP contribution in [-0.4, -0.2) is 61.6 Å². The van der Waals surface area contributed by atoms with Gasteiger partial charge >= 0.3 is 0 Å². The monoisotopic (exact) mass is 438 g/mol. The molecule has 1 aromatic heterocycles. The molecule has 0 fully saturated rings. The van der Waals surface area contributed by atoms with Crippen LogP contribution < -0.4 is 21.1 Å². The average Bonchev–Trinajstić information content (AvgIpc) is 2.85. The fraction of sp³-hybridized carbons (Fsp3) is 0.348. The number of benzene rings is 2. The number of rotatable bonds is 14. The van der Waals surface area contributed by atoms with Crippen LogP contribution in [0.25, 0.3) is 11.4 Å². The van der Waals surface area contributed by atoms with Crippen molar-refractivity contribution in [2.45, 2.75) is 6.54 Å². The van der Waals surface area contributed by atoms with E-state index < -0.39 is 0 Å². The lowest BCUT2D eigenvalue weighted by Crippen LogP contribution is -2.16. The van der Waals surface area contributed by atoms with E-state index in [0.29, 0.717) is 63.8 Å². The van der Waals surface area contributed by atoms with Crippen LogP contribution >= 0.6 is 0 Å². The lowest BCUT2D eigenvalue weighted by molar-refractivity contribution is 0.0547. The van der Waals surface area contributed by atoms with Gasteiger partial charge in [-0.05, 0) is 6.07 Å². The molecule has 0 amide bonds. The number of hydrogen-bond donors (Lipinski definition) is 3. The van der Waals surface area contributed by atoms with E-state index in [2.05, 4.69) is 25.6 Å². The first kappa shape index (κ1) is 23.4. The first-order chi connectivity index (χ1) is 15.8. The Bertz CT molecular complexity index is 942. The van der Waals surface area contributed by atoms with Crippen LogP contribution in [0.15, 0.2) is 54.6 Å². The molecule has 1 heterocycles. The van der Waals surface area contributed by atoms with E-state index in [9.17, 15) is 0 Å². The minimum atomic E-state index is 0.475. The number of aromatic nitrogens is 3. The average molecular weight is 439 g/mol. The van der Waals surface area contributed by atoms with E-state index in [4.69, 9.17) is 19.9 Å². The number of methoxy groups -OCH3 is 1. The van der Waals surface area contributed by atoms with E-state index in [-0.39, 0.29) is 0 Å². The van der Waals surface area contributed by atoms with Gasteiger partial charge in [0.2, 0.25) is 11.9 Å².